The largest absolute Gasteiger partial charge is 0.497 e. The Kier molecular flexibility index (Phi) is 5.41. The number of ether oxygens (including phenoxy) is 2. The minimum Gasteiger partial charge on any atom is -0.497 e. The molecule has 26 heavy (non-hydrogen) atoms. The van der Waals surface area contributed by atoms with Crippen LogP contribution in [0.5, 0.6) is 11.5 Å². The zero-order valence-electron chi connectivity index (χ0n) is 14.5. The molecule has 2 aromatic rings. The van der Waals surface area contributed by atoms with Crippen LogP contribution in [0.25, 0.3) is 0 Å². The number of carboxylic acids is 1. The molecule has 2 aromatic carbocycles. The van der Waals surface area contributed by atoms with Gasteiger partial charge >= 0.3 is 5.97 Å². The van der Waals surface area contributed by atoms with Gasteiger partial charge in [-0.2, -0.15) is 0 Å². The molecule has 6 heteroatoms. The summed E-state index contributed by atoms with van der Waals surface area (Å²) >= 11 is 0. The fourth-order valence-electron chi connectivity index (χ4n) is 3.05. The van der Waals surface area contributed by atoms with E-state index in [1.165, 1.54) is 0 Å². The summed E-state index contributed by atoms with van der Waals surface area (Å²) in [5.74, 6) is -0.0578. The molecule has 2 atom stereocenters. The first-order chi connectivity index (χ1) is 12.6. The zero-order chi connectivity index (χ0) is 18.5. The lowest BCUT2D eigenvalue weighted by atomic mass is 9.95. The number of amides is 1. The predicted molar refractivity (Wildman–Crippen MR) is 95.3 cm³/mol. The first kappa shape index (κ1) is 17.8. The Morgan fingerprint density at radius 3 is 2.65 bits per heavy atom. The summed E-state index contributed by atoms with van der Waals surface area (Å²) in [6, 6.07) is 14.0. The van der Waals surface area contributed by atoms with Crippen LogP contribution in [0.4, 0.5) is 0 Å². The summed E-state index contributed by atoms with van der Waals surface area (Å²) in [6.45, 7) is 0.283. The van der Waals surface area contributed by atoms with E-state index in [1.807, 2.05) is 24.3 Å². The monoisotopic (exact) mass is 355 g/mol. The van der Waals surface area contributed by atoms with E-state index in [0.717, 1.165) is 16.9 Å². The molecule has 0 radical (unpaired) electrons. The van der Waals surface area contributed by atoms with Crippen LogP contribution in [0, 0.1) is 5.92 Å². The summed E-state index contributed by atoms with van der Waals surface area (Å²) < 4.78 is 10.8. The quantitative estimate of drug-likeness (QED) is 0.832. The Bertz CT molecular complexity index is 787. The van der Waals surface area contributed by atoms with Crippen LogP contribution in [-0.2, 0) is 16.0 Å². The molecule has 0 spiro atoms. The number of aliphatic carboxylic acids is 1. The van der Waals surface area contributed by atoms with Crippen LogP contribution in [0.2, 0.25) is 0 Å². The van der Waals surface area contributed by atoms with Gasteiger partial charge < -0.3 is 19.9 Å². The molecule has 0 aromatic heterocycles. The fourth-order valence-corrected chi connectivity index (χ4v) is 3.05. The van der Waals surface area contributed by atoms with Crippen LogP contribution < -0.4 is 14.8 Å². The second-order valence-electron chi connectivity index (χ2n) is 6.25. The molecule has 1 amide bonds. The van der Waals surface area contributed by atoms with Gasteiger partial charge in [-0.15, -0.1) is 0 Å². The normalized spacial score (nSPS) is 16.7. The van der Waals surface area contributed by atoms with Gasteiger partial charge in [-0.05, 0) is 35.7 Å². The van der Waals surface area contributed by atoms with Crippen LogP contribution in [0.1, 0.15) is 23.6 Å². The van der Waals surface area contributed by atoms with Crippen LogP contribution in [0.3, 0.4) is 0 Å². The second-order valence-corrected chi connectivity index (χ2v) is 6.25. The zero-order valence-corrected chi connectivity index (χ0v) is 14.5. The van der Waals surface area contributed by atoms with Crippen molar-refractivity contribution in [2.45, 2.75) is 18.9 Å². The number of hydrogen-bond acceptors (Lipinski definition) is 4. The third kappa shape index (κ3) is 4.14. The molecule has 2 N–H and O–H groups in total. The van der Waals surface area contributed by atoms with Crippen molar-refractivity contribution in [1.82, 2.24) is 5.32 Å². The maximum Gasteiger partial charge on any atom is 0.305 e. The highest BCUT2D eigenvalue weighted by Crippen LogP contribution is 2.28. The number of carbonyl (C=O) groups is 2. The Morgan fingerprint density at radius 2 is 1.96 bits per heavy atom. The number of rotatable bonds is 6. The van der Waals surface area contributed by atoms with Gasteiger partial charge in [-0.3, -0.25) is 9.59 Å². The molecule has 0 saturated carbocycles. The summed E-state index contributed by atoms with van der Waals surface area (Å²) in [4.78, 5) is 23.9. The molecule has 1 aliphatic heterocycles. The minimum absolute atomic E-state index is 0.192. The van der Waals surface area contributed by atoms with E-state index >= 15 is 0 Å². The van der Waals surface area contributed by atoms with Gasteiger partial charge in [0.25, 0.3) is 0 Å². The maximum absolute atomic E-state index is 12.7. The van der Waals surface area contributed by atoms with Gasteiger partial charge in [-0.25, -0.2) is 0 Å². The lowest BCUT2D eigenvalue weighted by Crippen LogP contribution is -2.39. The summed E-state index contributed by atoms with van der Waals surface area (Å²) in [6.07, 6.45) is 0.382. The highest BCUT2D eigenvalue weighted by atomic mass is 16.5. The molecule has 6 nitrogen and oxygen atoms in total. The van der Waals surface area contributed by atoms with Gasteiger partial charge in [0, 0.05) is 0 Å². The van der Waals surface area contributed by atoms with Crippen LogP contribution in [-0.4, -0.2) is 30.7 Å². The molecule has 1 heterocycles. The average Bonchev–Trinajstić information content (AvgIpc) is 2.66. The Labute approximate surface area is 151 Å². The fraction of sp³-hybridized carbons (Fsp3) is 0.300. The van der Waals surface area contributed by atoms with Crippen LogP contribution in [0.15, 0.2) is 48.5 Å². The van der Waals surface area contributed by atoms with E-state index in [-0.39, 0.29) is 24.9 Å². The van der Waals surface area contributed by atoms with Crippen molar-refractivity contribution < 1.29 is 24.2 Å². The molecule has 3 rings (SSSR count). The first-order valence-electron chi connectivity index (χ1n) is 8.43. The molecule has 0 unspecified atom stereocenters. The number of hydrogen-bond donors (Lipinski definition) is 2. The lowest BCUT2D eigenvalue weighted by Gasteiger charge is -2.26. The van der Waals surface area contributed by atoms with E-state index < -0.39 is 12.0 Å². The Morgan fingerprint density at radius 1 is 1.23 bits per heavy atom. The van der Waals surface area contributed by atoms with Crippen molar-refractivity contribution in [2.75, 3.05) is 13.7 Å². The highest BCUT2D eigenvalue weighted by Gasteiger charge is 2.28. The number of methoxy groups -OCH3 is 1. The topological polar surface area (TPSA) is 84.9 Å². The standard InChI is InChI=1S/C20H21NO5/c1-25-16-8-6-13(7-9-16)17(11-19(22)23)21-20(24)15-10-14-4-2-3-5-18(14)26-12-15/h2-9,15,17H,10-12H2,1H3,(H,21,24)(H,22,23)/t15-,17+/m1/s1. The van der Waals surface area contributed by atoms with E-state index in [4.69, 9.17) is 9.47 Å². The number of carboxylic acid groups (broad SMARTS) is 1. The van der Waals surface area contributed by atoms with Gasteiger partial charge in [0.1, 0.15) is 18.1 Å². The van der Waals surface area contributed by atoms with Crippen molar-refractivity contribution in [3.8, 4) is 11.5 Å². The minimum atomic E-state index is -0.976. The van der Waals surface area contributed by atoms with E-state index in [2.05, 4.69) is 5.32 Å². The van der Waals surface area contributed by atoms with Crippen molar-refractivity contribution in [3.05, 3.63) is 59.7 Å². The van der Waals surface area contributed by atoms with Gasteiger partial charge in [0.15, 0.2) is 0 Å². The molecule has 1 aliphatic rings. The predicted octanol–water partition coefficient (Wildman–Crippen LogP) is 2.58. The SMILES string of the molecule is COc1ccc([C@H](CC(=O)O)NC(=O)[C@H]2COc3ccccc3C2)cc1. The van der Waals surface area contributed by atoms with Gasteiger partial charge in [0.2, 0.25) is 5.91 Å². The molecular formula is C20H21NO5. The lowest BCUT2D eigenvalue weighted by molar-refractivity contribution is -0.138. The number of para-hydroxylation sites is 1. The Balaban J connectivity index is 1.72. The summed E-state index contributed by atoms with van der Waals surface area (Å²) in [5.41, 5.74) is 1.71. The van der Waals surface area contributed by atoms with E-state index in [9.17, 15) is 14.7 Å². The average molecular weight is 355 g/mol. The van der Waals surface area contributed by atoms with Crippen molar-refractivity contribution in [3.63, 3.8) is 0 Å². The van der Waals surface area contributed by atoms with Crippen molar-refractivity contribution in [1.29, 1.82) is 0 Å². The summed E-state index contributed by atoms with van der Waals surface area (Å²) in [7, 11) is 1.56. The molecule has 0 saturated heterocycles. The number of benzene rings is 2. The Hall–Kier alpha value is -3.02. The number of fused-ring (bicyclic) bond motifs is 1. The first-order valence-corrected chi connectivity index (χ1v) is 8.43. The molecule has 136 valence electrons. The van der Waals surface area contributed by atoms with Crippen LogP contribution >= 0.6 is 0 Å². The molecule has 0 bridgehead atoms. The second kappa shape index (κ2) is 7.91. The smallest absolute Gasteiger partial charge is 0.305 e. The molecular weight excluding hydrogens is 334 g/mol. The van der Waals surface area contributed by atoms with E-state index in [1.54, 1.807) is 31.4 Å². The van der Waals surface area contributed by atoms with E-state index in [0.29, 0.717) is 12.2 Å². The van der Waals surface area contributed by atoms with Gasteiger partial charge in [-0.1, -0.05) is 30.3 Å². The van der Waals surface area contributed by atoms with Gasteiger partial charge in [0.05, 0.1) is 25.5 Å². The molecule has 0 aliphatic carbocycles. The molecule has 0 fully saturated rings. The third-order valence-corrected chi connectivity index (χ3v) is 4.46. The van der Waals surface area contributed by atoms with Crippen molar-refractivity contribution in [2.24, 2.45) is 5.92 Å². The third-order valence-electron chi connectivity index (χ3n) is 4.46. The highest BCUT2D eigenvalue weighted by molar-refractivity contribution is 5.81. The maximum atomic E-state index is 12.7. The number of carbonyl (C=O) groups excluding carboxylic acids is 1. The number of nitrogens with one attached hydrogen (secondary N) is 1. The van der Waals surface area contributed by atoms with Crippen molar-refractivity contribution >= 4 is 11.9 Å². The summed E-state index contributed by atoms with van der Waals surface area (Å²) in [5, 5.41) is 12.1.